The lowest BCUT2D eigenvalue weighted by atomic mass is 9.93. The molecule has 0 aromatic heterocycles. The number of hydrogen-bond acceptors (Lipinski definition) is 3. The topological polar surface area (TPSA) is 41.9 Å². The number of rotatable bonds is 3. The number of nitrogens with zero attached hydrogens (tertiary/aromatic N) is 2. The number of carbonyl (C=O) groups excluding carboxylic acids is 1. The van der Waals surface area contributed by atoms with Crippen LogP contribution in [0.3, 0.4) is 0 Å². The molecule has 0 aliphatic carbocycles. The summed E-state index contributed by atoms with van der Waals surface area (Å²) in [5.41, 5.74) is 0.0635. The minimum absolute atomic E-state index is 0.275. The summed E-state index contributed by atoms with van der Waals surface area (Å²) in [6, 6.07) is 0. The number of allylic oxidation sites excluding steroid dienone is 3. The van der Waals surface area contributed by atoms with Gasteiger partial charge in [0.25, 0.3) is 0 Å². The van der Waals surface area contributed by atoms with Crippen molar-refractivity contribution in [2.75, 3.05) is 13.1 Å². The van der Waals surface area contributed by atoms with E-state index in [1.165, 1.54) is 0 Å². The number of carbonyl (C=O) groups is 1. The third-order valence-electron chi connectivity index (χ3n) is 2.80. The molecule has 0 atom stereocenters. The summed E-state index contributed by atoms with van der Waals surface area (Å²) in [6.45, 7) is 14.4. The van der Waals surface area contributed by atoms with Crippen LogP contribution in [0.1, 0.15) is 34.6 Å². The molecule has 1 amide bonds. The van der Waals surface area contributed by atoms with Gasteiger partial charge in [-0.15, -0.1) is 0 Å². The summed E-state index contributed by atoms with van der Waals surface area (Å²) in [4.78, 5) is 18.2. The van der Waals surface area contributed by atoms with Crippen molar-refractivity contribution in [1.82, 2.24) is 4.90 Å². The first kappa shape index (κ1) is 17.0. The molecule has 5 heteroatoms. The Labute approximate surface area is 129 Å². The maximum absolute atomic E-state index is 11.9. The molecule has 0 bridgehead atoms. The van der Waals surface area contributed by atoms with Gasteiger partial charge in [-0.2, -0.15) is 0 Å². The molecule has 1 saturated heterocycles. The van der Waals surface area contributed by atoms with Crippen LogP contribution in [0.15, 0.2) is 28.2 Å². The van der Waals surface area contributed by atoms with E-state index in [1.54, 1.807) is 11.0 Å². The summed E-state index contributed by atoms with van der Waals surface area (Å²) in [5, 5.41) is 0. The van der Waals surface area contributed by atoms with Gasteiger partial charge in [-0.3, -0.25) is 4.99 Å². The Morgan fingerprint density at radius 3 is 2.40 bits per heavy atom. The van der Waals surface area contributed by atoms with Crippen LogP contribution in [0.2, 0.25) is 0 Å². The first-order chi connectivity index (χ1) is 9.10. The maximum atomic E-state index is 11.9. The Bertz CT molecular complexity index is 455. The maximum Gasteiger partial charge on any atom is 0.410 e. The fourth-order valence-electron chi connectivity index (χ4n) is 1.94. The molecule has 0 aromatic rings. The minimum atomic E-state index is -0.466. The van der Waals surface area contributed by atoms with E-state index in [9.17, 15) is 4.79 Å². The Hall–Kier alpha value is -1.10. The zero-order valence-corrected chi connectivity index (χ0v) is 14.5. The number of amides is 1. The fraction of sp³-hybridized carbons (Fsp3) is 0.600. The van der Waals surface area contributed by atoms with E-state index in [-0.39, 0.29) is 11.6 Å². The average molecular weight is 343 g/mol. The molecule has 0 unspecified atom stereocenters. The fourth-order valence-corrected chi connectivity index (χ4v) is 2.19. The van der Waals surface area contributed by atoms with Gasteiger partial charge in [-0.05, 0) is 56.6 Å². The van der Waals surface area contributed by atoms with E-state index >= 15 is 0 Å². The average Bonchev–Trinajstić information content (AvgIpc) is 2.29. The summed E-state index contributed by atoms with van der Waals surface area (Å²) >= 11 is 3.45. The van der Waals surface area contributed by atoms with Crippen LogP contribution in [0.4, 0.5) is 4.79 Å². The van der Waals surface area contributed by atoms with Gasteiger partial charge in [0.1, 0.15) is 5.60 Å². The van der Waals surface area contributed by atoms with Crippen molar-refractivity contribution >= 4 is 27.7 Å². The molecule has 1 aliphatic rings. The van der Waals surface area contributed by atoms with E-state index in [0.717, 1.165) is 10.2 Å². The summed E-state index contributed by atoms with van der Waals surface area (Å²) in [7, 11) is 0. The van der Waals surface area contributed by atoms with Gasteiger partial charge in [-0.1, -0.05) is 12.7 Å². The van der Waals surface area contributed by atoms with Gasteiger partial charge in [0.15, 0.2) is 0 Å². The van der Waals surface area contributed by atoms with Gasteiger partial charge >= 0.3 is 6.09 Å². The van der Waals surface area contributed by atoms with Crippen LogP contribution in [0, 0.1) is 0 Å². The standard InChI is InChI=1S/C15H23BrN2O2/c1-7-11(16)12(8-2)17-15(6)9-18(10-15)13(19)20-14(3,4)5/h7-8H,2,9-10H2,1,3-6H3. The van der Waals surface area contributed by atoms with E-state index in [2.05, 4.69) is 27.5 Å². The Kier molecular flexibility index (Phi) is 5.19. The molecular weight excluding hydrogens is 320 g/mol. The molecule has 0 N–H and O–H groups in total. The SMILES string of the molecule is C=CC(=NC1(C)CN(C(=O)OC(C)(C)C)C1)C(Br)=CC. The second kappa shape index (κ2) is 6.12. The van der Waals surface area contributed by atoms with Crippen molar-refractivity contribution in [1.29, 1.82) is 0 Å². The van der Waals surface area contributed by atoms with E-state index in [1.807, 2.05) is 40.7 Å². The van der Waals surface area contributed by atoms with Crippen molar-refractivity contribution < 1.29 is 9.53 Å². The van der Waals surface area contributed by atoms with E-state index < -0.39 is 5.60 Å². The van der Waals surface area contributed by atoms with E-state index in [0.29, 0.717) is 13.1 Å². The van der Waals surface area contributed by atoms with Crippen molar-refractivity contribution in [2.45, 2.75) is 45.8 Å². The summed E-state index contributed by atoms with van der Waals surface area (Å²) in [5.74, 6) is 0. The zero-order valence-electron chi connectivity index (χ0n) is 12.9. The molecule has 1 heterocycles. The van der Waals surface area contributed by atoms with Crippen LogP contribution in [-0.4, -0.2) is 40.9 Å². The molecular formula is C15H23BrN2O2. The highest BCUT2D eigenvalue weighted by Crippen LogP contribution is 2.28. The van der Waals surface area contributed by atoms with Crippen LogP contribution in [0.5, 0.6) is 0 Å². The molecule has 1 aliphatic heterocycles. The number of halogens is 1. The Balaban J connectivity index is 2.68. The molecule has 0 radical (unpaired) electrons. The van der Waals surface area contributed by atoms with Crippen molar-refractivity contribution in [2.24, 2.45) is 4.99 Å². The monoisotopic (exact) mass is 342 g/mol. The normalized spacial score (nSPS) is 19.4. The summed E-state index contributed by atoms with van der Waals surface area (Å²) < 4.78 is 6.24. The highest BCUT2D eigenvalue weighted by Gasteiger charge is 2.43. The Morgan fingerprint density at radius 2 is 2.00 bits per heavy atom. The number of ether oxygens (including phenoxy) is 1. The first-order valence-electron chi connectivity index (χ1n) is 6.62. The largest absolute Gasteiger partial charge is 0.444 e. The minimum Gasteiger partial charge on any atom is -0.444 e. The first-order valence-corrected chi connectivity index (χ1v) is 7.42. The van der Waals surface area contributed by atoms with Gasteiger partial charge < -0.3 is 9.64 Å². The lowest BCUT2D eigenvalue weighted by Crippen LogP contribution is -2.61. The van der Waals surface area contributed by atoms with E-state index in [4.69, 9.17) is 4.74 Å². The van der Waals surface area contributed by atoms with Crippen molar-refractivity contribution in [3.05, 3.63) is 23.2 Å². The quantitative estimate of drug-likeness (QED) is 0.729. The number of likely N-dealkylation sites (tertiary alicyclic amines) is 1. The van der Waals surface area contributed by atoms with Crippen LogP contribution >= 0.6 is 15.9 Å². The second-order valence-corrected chi connectivity index (χ2v) is 7.03. The molecule has 0 spiro atoms. The van der Waals surface area contributed by atoms with Gasteiger partial charge in [-0.25, -0.2) is 4.79 Å². The third kappa shape index (κ3) is 4.47. The third-order valence-corrected chi connectivity index (χ3v) is 3.66. The van der Waals surface area contributed by atoms with Gasteiger partial charge in [0.05, 0.1) is 24.3 Å². The van der Waals surface area contributed by atoms with Crippen LogP contribution < -0.4 is 0 Å². The Morgan fingerprint density at radius 1 is 1.45 bits per heavy atom. The molecule has 1 fully saturated rings. The van der Waals surface area contributed by atoms with Crippen molar-refractivity contribution in [3.63, 3.8) is 0 Å². The lowest BCUT2D eigenvalue weighted by Gasteiger charge is -2.45. The second-order valence-electron chi connectivity index (χ2n) is 6.17. The lowest BCUT2D eigenvalue weighted by molar-refractivity contribution is -0.00416. The molecule has 4 nitrogen and oxygen atoms in total. The smallest absolute Gasteiger partial charge is 0.410 e. The number of hydrogen-bond donors (Lipinski definition) is 0. The van der Waals surface area contributed by atoms with Gasteiger partial charge in [0.2, 0.25) is 0 Å². The molecule has 0 saturated carbocycles. The van der Waals surface area contributed by atoms with Gasteiger partial charge in [0, 0.05) is 4.48 Å². The number of aliphatic imine (C=N–C) groups is 1. The molecule has 0 aromatic carbocycles. The van der Waals surface area contributed by atoms with Crippen molar-refractivity contribution in [3.8, 4) is 0 Å². The predicted octanol–water partition coefficient (Wildman–Crippen LogP) is 3.92. The molecule has 112 valence electrons. The highest BCUT2D eigenvalue weighted by molar-refractivity contribution is 9.12. The molecule has 1 rings (SSSR count). The molecule has 20 heavy (non-hydrogen) atoms. The highest BCUT2D eigenvalue weighted by atomic mass is 79.9. The predicted molar refractivity (Wildman–Crippen MR) is 86.5 cm³/mol. The van der Waals surface area contributed by atoms with Crippen LogP contribution in [0.25, 0.3) is 0 Å². The van der Waals surface area contributed by atoms with Crippen LogP contribution in [-0.2, 0) is 4.74 Å². The zero-order chi connectivity index (χ0) is 15.6. The summed E-state index contributed by atoms with van der Waals surface area (Å²) in [6.07, 6.45) is 3.36.